The van der Waals surface area contributed by atoms with E-state index in [2.05, 4.69) is 0 Å². The molecule has 0 bridgehead atoms. The first kappa shape index (κ1) is 24.5. The number of fused-ring (bicyclic) bond motifs is 2. The zero-order chi connectivity index (χ0) is 27.1. The largest absolute Gasteiger partial charge is 0.493 e. The molecule has 6 heteroatoms. The van der Waals surface area contributed by atoms with Crippen LogP contribution in [0.5, 0.6) is 11.5 Å². The topological polar surface area (TPSA) is 69.0 Å². The van der Waals surface area contributed by atoms with Crippen molar-refractivity contribution in [3.63, 3.8) is 0 Å². The highest BCUT2D eigenvalue weighted by atomic mass is 16.5. The molecule has 6 nitrogen and oxygen atoms in total. The summed E-state index contributed by atoms with van der Waals surface area (Å²) in [4.78, 5) is 29.4. The van der Waals surface area contributed by atoms with Crippen molar-refractivity contribution in [2.24, 2.45) is 0 Å². The second kappa shape index (κ2) is 9.80. The Kier molecular flexibility index (Phi) is 6.15. The van der Waals surface area contributed by atoms with Crippen LogP contribution in [0.25, 0.3) is 11.0 Å². The van der Waals surface area contributed by atoms with Gasteiger partial charge < -0.3 is 13.9 Å². The van der Waals surface area contributed by atoms with E-state index in [0.717, 1.165) is 16.7 Å². The van der Waals surface area contributed by atoms with Gasteiger partial charge in [-0.1, -0.05) is 54.6 Å². The van der Waals surface area contributed by atoms with Crippen LogP contribution in [0.1, 0.15) is 44.4 Å². The molecular formula is C33H27NO5. The first-order valence-corrected chi connectivity index (χ1v) is 12.8. The Morgan fingerprint density at radius 3 is 2.23 bits per heavy atom. The highest BCUT2D eigenvalue weighted by molar-refractivity contribution is 6.10. The normalized spacial score (nSPS) is 14.5. The smallest absolute Gasteiger partial charge is 0.295 e. The van der Waals surface area contributed by atoms with Gasteiger partial charge in [0.25, 0.3) is 5.91 Å². The molecule has 0 saturated heterocycles. The summed E-state index contributed by atoms with van der Waals surface area (Å²) in [5.41, 5.74) is 4.90. The number of hydrogen-bond donors (Lipinski definition) is 0. The van der Waals surface area contributed by atoms with Gasteiger partial charge in [-0.2, -0.15) is 0 Å². The average molecular weight is 518 g/mol. The molecule has 6 rings (SSSR count). The van der Waals surface area contributed by atoms with Crippen molar-refractivity contribution in [2.75, 3.05) is 12.0 Å². The van der Waals surface area contributed by atoms with Crippen LogP contribution in [0.2, 0.25) is 0 Å². The van der Waals surface area contributed by atoms with E-state index in [9.17, 15) is 9.59 Å². The molecule has 194 valence electrons. The highest BCUT2D eigenvalue weighted by Gasteiger charge is 2.44. The number of nitrogens with zero attached hydrogens (tertiary/aromatic N) is 1. The third-order valence-electron chi connectivity index (χ3n) is 7.26. The third kappa shape index (κ3) is 4.24. The molecule has 1 unspecified atom stereocenters. The lowest BCUT2D eigenvalue weighted by atomic mass is 9.97. The molecule has 0 saturated carbocycles. The van der Waals surface area contributed by atoms with E-state index >= 15 is 0 Å². The second-order valence-corrected chi connectivity index (χ2v) is 9.70. The summed E-state index contributed by atoms with van der Waals surface area (Å²) in [7, 11) is 1.57. The maximum absolute atomic E-state index is 14.0. The zero-order valence-corrected chi connectivity index (χ0v) is 21.9. The van der Waals surface area contributed by atoms with Crippen molar-refractivity contribution < 1.29 is 18.7 Å². The van der Waals surface area contributed by atoms with E-state index in [4.69, 9.17) is 13.9 Å². The number of aryl methyl sites for hydroxylation is 2. The lowest BCUT2D eigenvalue weighted by Gasteiger charge is -2.26. The molecule has 39 heavy (non-hydrogen) atoms. The van der Waals surface area contributed by atoms with Gasteiger partial charge in [-0.3, -0.25) is 14.5 Å². The first-order chi connectivity index (χ1) is 19.0. The molecule has 5 aromatic rings. The Hall–Kier alpha value is -4.84. The SMILES string of the molecule is COc1cc(C2c3c(oc4cc(C)c(C)cc4c3=O)C(=O)N2c2ccccc2)ccc1OCc1ccccc1. The minimum atomic E-state index is -0.700. The van der Waals surface area contributed by atoms with Crippen molar-refractivity contribution in [1.82, 2.24) is 0 Å². The molecule has 2 heterocycles. The van der Waals surface area contributed by atoms with Gasteiger partial charge >= 0.3 is 0 Å². The van der Waals surface area contributed by atoms with E-state index < -0.39 is 6.04 Å². The Bertz CT molecular complexity index is 1760. The Morgan fingerprint density at radius 2 is 1.51 bits per heavy atom. The molecule has 1 amide bonds. The molecule has 0 fully saturated rings. The predicted octanol–water partition coefficient (Wildman–Crippen LogP) is 6.75. The number of benzene rings is 4. The fourth-order valence-corrected chi connectivity index (χ4v) is 5.11. The van der Waals surface area contributed by atoms with Crippen molar-refractivity contribution in [1.29, 1.82) is 0 Å². The summed E-state index contributed by atoms with van der Waals surface area (Å²) >= 11 is 0. The molecule has 0 aliphatic carbocycles. The molecule has 1 aromatic heterocycles. The van der Waals surface area contributed by atoms with Gasteiger partial charge in [0, 0.05) is 5.69 Å². The second-order valence-electron chi connectivity index (χ2n) is 9.70. The number of para-hydroxylation sites is 1. The summed E-state index contributed by atoms with van der Waals surface area (Å²) < 4.78 is 17.9. The van der Waals surface area contributed by atoms with Crippen LogP contribution < -0.4 is 19.8 Å². The molecule has 4 aromatic carbocycles. The molecule has 1 aliphatic rings. The standard InChI is InChI=1S/C33H27NO5/c1-20-16-25-27(17-21(20)2)39-32-29(31(25)35)30(34(33(32)36)24-12-8-5-9-13-24)23-14-15-26(28(18-23)37-3)38-19-22-10-6-4-7-11-22/h4-18,30H,19H2,1-3H3. The fraction of sp³-hybridized carbons (Fsp3) is 0.152. The Labute approximate surface area is 226 Å². The van der Waals surface area contributed by atoms with Gasteiger partial charge in [-0.15, -0.1) is 0 Å². The Balaban J connectivity index is 1.50. The average Bonchev–Trinajstić information content (AvgIpc) is 3.26. The van der Waals surface area contributed by atoms with Gasteiger partial charge in [0.1, 0.15) is 12.2 Å². The van der Waals surface area contributed by atoms with Crippen LogP contribution in [0, 0.1) is 13.8 Å². The zero-order valence-electron chi connectivity index (χ0n) is 21.9. The van der Waals surface area contributed by atoms with Gasteiger partial charge in [0.05, 0.1) is 24.1 Å². The van der Waals surface area contributed by atoms with E-state index in [0.29, 0.717) is 45.9 Å². The quantitative estimate of drug-likeness (QED) is 0.249. The maximum atomic E-state index is 14.0. The first-order valence-electron chi connectivity index (χ1n) is 12.8. The molecule has 0 radical (unpaired) electrons. The maximum Gasteiger partial charge on any atom is 0.295 e. The number of hydrogen-bond acceptors (Lipinski definition) is 5. The van der Waals surface area contributed by atoms with Crippen LogP contribution in [-0.4, -0.2) is 13.0 Å². The third-order valence-corrected chi connectivity index (χ3v) is 7.26. The number of amides is 1. The summed E-state index contributed by atoms with van der Waals surface area (Å²) in [5, 5.41) is 0.458. The van der Waals surface area contributed by atoms with E-state index in [1.165, 1.54) is 0 Å². The highest BCUT2D eigenvalue weighted by Crippen LogP contribution is 2.43. The fourth-order valence-electron chi connectivity index (χ4n) is 5.11. The van der Waals surface area contributed by atoms with Crippen LogP contribution in [0.3, 0.4) is 0 Å². The van der Waals surface area contributed by atoms with Gasteiger partial charge in [-0.25, -0.2) is 0 Å². The number of rotatable bonds is 6. The number of carbonyl (C=O) groups excluding carboxylic acids is 1. The number of carbonyl (C=O) groups is 1. The summed E-state index contributed by atoms with van der Waals surface area (Å²) in [6, 6.07) is 27.7. The monoisotopic (exact) mass is 517 g/mol. The van der Waals surface area contributed by atoms with Crippen molar-refractivity contribution in [2.45, 2.75) is 26.5 Å². The molecule has 1 aliphatic heterocycles. The number of methoxy groups -OCH3 is 1. The lowest BCUT2D eigenvalue weighted by Crippen LogP contribution is -2.29. The summed E-state index contributed by atoms with van der Waals surface area (Å²) in [6.07, 6.45) is 0. The lowest BCUT2D eigenvalue weighted by molar-refractivity contribution is 0.0971. The van der Waals surface area contributed by atoms with Gasteiger partial charge in [0.15, 0.2) is 16.9 Å². The minimum absolute atomic E-state index is 0.0629. The van der Waals surface area contributed by atoms with Crippen LogP contribution in [0.4, 0.5) is 5.69 Å². The minimum Gasteiger partial charge on any atom is -0.493 e. The molecule has 0 spiro atoms. The van der Waals surface area contributed by atoms with Crippen LogP contribution >= 0.6 is 0 Å². The van der Waals surface area contributed by atoms with Crippen molar-refractivity contribution in [3.8, 4) is 11.5 Å². The Morgan fingerprint density at radius 1 is 0.821 bits per heavy atom. The van der Waals surface area contributed by atoms with Gasteiger partial charge in [-0.05, 0) is 72.5 Å². The molecule has 1 atom stereocenters. The molecule has 0 N–H and O–H groups in total. The van der Waals surface area contributed by atoms with Crippen LogP contribution in [-0.2, 0) is 6.61 Å². The van der Waals surface area contributed by atoms with Crippen molar-refractivity contribution >= 4 is 22.6 Å². The summed E-state index contributed by atoms with van der Waals surface area (Å²) in [6.45, 7) is 4.29. The molecular weight excluding hydrogens is 490 g/mol. The van der Waals surface area contributed by atoms with E-state index in [1.54, 1.807) is 12.0 Å². The van der Waals surface area contributed by atoms with E-state index in [1.807, 2.05) is 105 Å². The van der Waals surface area contributed by atoms with Crippen molar-refractivity contribution in [3.05, 3.63) is 135 Å². The van der Waals surface area contributed by atoms with E-state index in [-0.39, 0.29) is 17.1 Å². The van der Waals surface area contributed by atoms with Crippen LogP contribution in [0.15, 0.2) is 100 Å². The predicted molar refractivity (Wildman–Crippen MR) is 151 cm³/mol. The van der Waals surface area contributed by atoms with Gasteiger partial charge in [0.2, 0.25) is 5.76 Å². The number of anilines is 1. The summed E-state index contributed by atoms with van der Waals surface area (Å²) in [5.74, 6) is 0.779. The number of ether oxygens (including phenoxy) is 2.